The van der Waals surface area contributed by atoms with Crippen molar-refractivity contribution >= 4 is 17.9 Å². The minimum Gasteiger partial charge on any atom is -0.490 e. The number of alkyl carbamates (subject to hydrolysis) is 1. The first-order valence-corrected chi connectivity index (χ1v) is 23.2. The van der Waals surface area contributed by atoms with E-state index in [-0.39, 0.29) is 35.7 Å². The van der Waals surface area contributed by atoms with Crippen molar-refractivity contribution in [2.45, 2.75) is 96.8 Å². The Morgan fingerprint density at radius 1 is 0.697 bits per heavy atom. The van der Waals surface area contributed by atoms with E-state index >= 15 is 0 Å². The number of likely N-dealkylation sites (tertiary alicyclic amines) is 2. The number of methoxy groups -OCH3 is 2. The normalized spacial score (nSPS) is 20.0. The fraction of sp³-hybridized carbons (Fsp3) is 0.562. The average molecular weight is 915 g/mol. The number of aliphatic hydroxyl groups excluding tert-OH is 1. The van der Waals surface area contributed by atoms with E-state index in [1.54, 1.807) is 17.3 Å². The molecule has 5 heterocycles. The molecule has 2 fully saturated rings. The second-order valence-electron chi connectivity index (χ2n) is 17.6. The molecule has 0 aliphatic carbocycles. The molecular formula is C48H66N8O10. The number of carbonyl (C=O) groups is 3. The van der Waals surface area contributed by atoms with Crippen LogP contribution in [-0.4, -0.2) is 138 Å². The number of H-pyrrole nitrogens is 2. The zero-order valence-corrected chi connectivity index (χ0v) is 39.0. The second-order valence-corrected chi connectivity index (χ2v) is 17.6. The first-order chi connectivity index (χ1) is 32.0. The quantitative estimate of drug-likeness (QED) is 0.104. The molecule has 5 unspecified atom stereocenters. The van der Waals surface area contributed by atoms with E-state index in [1.807, 2.05) is 69.0 Å². The highest BCUT2D eigenvalue weighted by Gasteiger charge is 2.39. The number of rotatable bonds is 12. The van der Waals surface area contributed by atoms with Crippen LogP contribution in [0.2, 0.25) is 0 Å². The van der Waals surface area contributed by atoms with Gasteiger partial charge in [0.15, 0.2) is 0 Å². The van der Waals surface area contributed by atoms with Crippen molar-refractivity contribution in [3.63, 3.8) is 0 Å². The lowest BCUT2D eigenvalue weighted by Gasteiger charge is -2.31. The predicted octanol–water partition coefficient (Wildman–Crippen LogP) is 5.96. The molecule has 0 saturated carbocycles. The summed E-state index contributed by atoms with van der Waals surface area (Å²) in [6, 6.07) is 10.1. The highest BCUT2D eigenvalue weighted by atomic mass is 16.6. The van der Waals surface area contributed by atoms with Gasteiger partial charge < -0.3 is 58.6 Å². The van der Waals surface area contributed by atoms with Crippen molar-refractivity contribution in [3.8, 4) is 45.1 Å². The highest BCUT2D eigenvalue weighted by molar-refractivity contribution is 5.86. The lowest BCUT2D eigenvalue weighted by atomic mass is 9.99. The topological polar surface area (TPSA) is 215 Å². The molecule has 2 saturated heterocycles. The summed E-state index contributed by atoms with van der Waals surface area (Å²) in [6.07, 6.45) is 6.43. The minimum atomic E-state index is -1.26. The number of carbonyl (C=O) groups excluding carboxylic acids is 3. The predicted molar refractivity (Wildman–Crippen MR) is 245 cm³/mol. The highest BCUT2D eigenvalue weighted by Crippen LogP contribution is 2.40. The standard InChI is InChI=1S/C48H66N8O10/c1-29(2)41(53-47(59)61-5)45(57)55-17-9-11-37(55)43-49-27-35(51-43)33-15-13-31-25-39(33)65-23-21-63-19-7-8-20-64-22-24-66-40-26-32(31)14-16-34(40)36-28-50-44(52-36)38-12-10-18-56(38)46(58)42(30(3)4)54-48(60)62-6/h13-16,25-30,37-38,41-42,47,53,59H,7-12,17-24H2,1-6H3,(H,49,51)(H,50,52)(H,54,60). The molecular weight excluding hydrogens is 849 g/mol. The van der Waals surface area contributed by atoms with Crippen LogP contribution in [0.15, 0.2) is 48.8 Å². The van der Waals surface area contributed by atoms with Crippen molar-refractivity contribution in [2.24, 2.45) is 11.8 Å². The number of imidazole rings is 2. The zero-order chi connectivity index (χ0) is 46.7. The summed E-state index contributed by atoms with van der Waals surface area (Å²) in [6.45, 7) is 11.4. The summed E-state index contributed by atoms with van der Waals surface area (Å²) < 4.78 is 34.6. The van der Waals surface area contributed by atoms with Gasteiger partial charge in [-0.2, -0.15) is 0 Å². The summed E-state index contributed by atoms with van der Waals surface area (Å²) in [7, 11) is 2.67. The summed E-state index contributed by atoms with van der Waals surface area (Å²) in [4.78, 5) is 60.0. The number of amides is 3. The lowest BCUT2D eigenvalue weighted by Crippen LogP contribution is -2.52. The largest absolute Gasteiger partial charge is 0.490 e. The smallest absolute Gasteiger partial charge is 0.407 e. The van der Waals surface area contributed by atoms with Gasteiger partial charge in [-0.15, -0.1) is 0 Å². The van der Waals surface area contributed by atoms with E-state index in [4.69, 9.17) is 38.4 Å². The van der Waals surface area contributed by atoms with Crippen LogP contribution in [0, 0.1) is 11.8 Å². The summed E-state index contributed by atoms with van der Waals surface area (Å²) in [5.74, 6) is 2.08. The number of nitrogens with zero attached hydrogens (tertiary/aromatic N) is 4. The first-order valence-electron chi connectivity index (χ1n) is 23.2. The number of hydrogen-bond acceptors (Lipinski definition) is 13. The number of benzene rings is 2. The van der Waals surface area contributed by atoms with Crippen molar-refractivity contribution < 1.29 is 47.9 Å². The molecule has 7 rings (SSSR count). The van der Waals surface area contributed by atoms with Crippen LogP contribution in [0.25, 0.3) is 33.6 Å². The zero-order valence-electron chi connectivity index (χ0n) is 39.0. The molecule has 4 aromatic rings. The molecule has 4 bridgehead atoms. The molecule has 0 spiro atoms. The molecule has 18 heteroatoms. The Morgan fingerprint density at radius 2 is 1.18 bits per heavy atom. The van der Waals surface area contributed by atoms with Gasteiger partial charge in [0.1, 0.15) is 42.4 Å². The molecule has 5 N–H and O–H groups in total. The van der Waals surface area contributed by atoms with Gasteiger partial charge >= 0.3 is 6.09 Å². The third kappa shape index (κ3) is 11.5. The Labute approximate surface area is 386 Å². The Balaban J connectivity index is 1.16. The molecule has 358 valence electrons. The molecule has 2 aromatic heterocycles. The molecule has 3 aliphatic rings. The van der Waals surface area contributed by atoms with Crippen LogP contribution >= 0.6 is 0 Å². The SMILES string of the molecule is COC(=O)NC(C(=O)N1CCCC1c1ncc(-c2ccc3cc2OCCOCCCCOCCOc2cc-3ccc2-c2cnc(C3CCCN3C(=O)C(NC(O)OC)C(C)C)[nH]2)[nH]1)C(C)C. The van der Waals surface area contributed by atoms with Gasteiger partial charge in [-0.05, 0) is 85.8 Å². The van der Waals surface area contributed by atoms with Gasteiger partial charge in [-0.3, -0.25) is 14.9 Å². The number of aliphatic hydroxyl groups is 1. The van der Waals surface area contributed by atoms with Crippen molar-refractivity contribution in [1.29, 1.82) is 0 Å². The Hall–Kier alpha value is -5.53. The maximum absolute atomic E-state index is 13.9. The van der Waals surface area contributed by atoms with E-state index in [0.717, 1.165) is 72.2 Å². The number of hydrogen-bond donors (Lipinski definition) is 5. The third-order valence-electron chi connectivity index (χ3n) is 12.4. The molecule has 18 nitrogen and oxygen atoms in total. The molecule has 0 radical (unpaired) electrons. The number of nitrogens with one attached hydrogen (secondary N) is 4. The van der Waals surface area contributed by atoms with Gasteiger partial charge in [0.25, 0.3) is 0 Å². The Kier molecular flexibility index (Phi) is 16.7. The van der Waals surface area contributed by atoms with Crippen LogP contribution < -0.4 is 20.1 Å². The monoisotopic (exact) mass is 914 g/mol. The Bertz CT molecular complexity index is 2250. The summed E-state index contributed by atoms with van der Waals surface area (Å²) >= 11 is 0. The maximum Gasteiger partial charge on any atom is 0.407 e. The number of aromatic nitrogens is 4. The molecule has 3 amide bonds. The van der Waals surface area contributed by atoms with Crippen LogP contribution in [-0.2, 0) is 28.5 Å². The van der Waals surface area contributed by atoms with E-state index in [1.165, 1.54) is 14.2 Å². The van der Waals surface area contributed by atoms with Crippen molar-refractivity contribution in [2.75, 3.05) is 67.0 Å². The van der Waals surface area contributed by atoms with Crippen LogP contribution in [0.1, 0.15) is 90.0 Å². The molecule has 66 heavy (non-hydrogen) atoms. The molecule has 2 aromatic carbocycles. The molecule has 3 aliphatic heterocycles. The van der Waals surface area contributed by atoms with Crippen LogP contribution in [0.5, 0.6) is 11.5 Å². The fourth-order valence-corrected chi connectivity index (χ4v) is 8.86. The Morgan fingerprint density at radius 3 is 1.64 bits per heavy atom. The lowest BCUT2D eigenvalue weighted by molar-refractivity contribution is -0.145. The van der Waals surface area contributed by atoms with E-state index in [9.17, 15) is 19.5 Å². The van der Waals surface area contributed by atoms with Gasteiger partial charge in [0.2, 0.25) is 18.2 Å². The van der Waals surface area contributed by atoms with E-state index in [0.29, 0.717) is 75.9 Å². The summed E-state index contributed by atoms with van der Waals surface area (Å²) in [5.41, 5.74) is 4.89. The van der Waals surface area contributed by atoms with E-state index < -0.39 is 24.6 Å². The first kappa shape index (κ1) is 48.4. The van der Waals surface area contributed by atoms with Crippen molar-refractivity contribution in [1.82, 2.24) is 40.4 Å². The van der Waals surface area contributed by atoms with Gasteiger partial charge in [-0.1, -0.05) is 39.8 Å². The van der Waals surface area contributed by atoms with Crippen LogP contribution in [0.4, 0.5) is 4.79 Å². The number of fused-ring (bicyclic) bond motifs is 5. The average Bonchev–Trinajstić information content (AvgIpc) is 4.17. The molecule has 5 atom stereocenters. The number of aromatic amines is 2. The maximum atomic E-state index is 13.9. The van der Waals surface area contributed by atoms with Crippen molar-refractivity contribution in [3.05, 3.63) is 60.4 Å². The minimum absolute atomic E-state index is 0.0876. The second kappa shape index (κ2) is 22.8. The van der Waals surface area contributed by atoms with E-state index in [2.05, 4.69) is 20.6 Å². The van der Waals surface area contributed by atoms with Crippen LogP contribution in [0.3, 0.4) is 0 Å². The van der Waals surface area contributed by atoms with Gasteiger partial charge in [0, 0.05) is 44.5 Å². The fourth-order valence-electron chi connectivity index (χ4n) is 8.86. The number of ether oxygens (including phenoxy) is 6. The third-order valence-corrected chi connectivity index (χ3v) is 12.4. The van der Waals surface area contributed by atoms with Gasteiger partial charge in [0.05, 0.1) is 62.2 Å². The summed E-state index contributed by atoms with van der Waals surface area (Å²) in [5, 5.41) is 15.8. The van der Waals surface area contributed by atoms with Gasteiger partial charge in [-0.25, -0.2) is 14.8 Å².